The van der Waals surface area contributed by atoms with Crippen molar-refractivity contribution in [2.45, 2.75) is 19.5 Å². The number of carbonyl (C=O) groups excluding carboxylic acids is 1. The molecule has 0 unspecified atom stereocenters. The van der Waals surface area contributed by atoms with Gasteiger partial charge in [-0.25, -0.2) is 8.42 Å². The van der Waals surface area contributed by atoms with E-state index >= 15 is 0 Å². The van der Waals surface area contributed by atoms with Crippen molar-refractivity contribution in [3.8, 4) is 5.75 Å². The molecule has 0 spiro atoms. The molecular weight excluding hydrogens is 528 g/mol. The topological polar surface area (TPSA) is 75.7 Å². The summed E-state index contributed by atoms with van der Waals surface area (Å²) in [5.74, 6) is 0.193. The van der Waals surface area contributed by atoms with E-state index in [1.165, 1.54) is 4.31 Å². The molecule has 1 amide bonds. The van der Waals surface area contributed by atoms with Crippen molar-refractivity contribution in [3.63, 3.8) is 0 Å². The van der Waals surface area contributed by atoms with Crippen molar-refractivity contribution in [2.24, 2.45) is 0 Å². The van der Waals surface area contributed by atoms with Crippen LogP contribution in [-0.2, 0) is 21.4 Å². The summed E-state index contributed by atoms with van der Waals surface area (Å²) in [6, 6.07) is 21.2. The second-order valence-electron chi connectivity index (χ2n) is 7.49. The number of carbonyl (C=O) groups is 1. The molecular formula is C24H24BrClN2O4S. The number of hydrogen-bond donors (Lipinski definition) is 1. The fraction of sp³-hybridized carbons (Fsp3) is 0.208. The minimum atomic E-state index is -3.55. The highest BCUT2D eigenvalue weighted by atomic mass is 79.9. The molecule has 0 aromatic heterocycles. The van der Waals surface area contributed by atoms with E-state index < -0.39 is 10.0 Å². The summed E-state index contributed by atoms with van der Waals surface area (Å²) in [7, 11) is -3.55. The molecule has 33 heavy (non-hydrogen) atoms. The predicted octanol–water partition coefficient (Wildman–Crippen LogP) is 5.32. The maximum absolute atomic E-state index is 12.4. The zero-order valence-corrected chi connectivity index (χ0v) is 21.3. The van der Waals surface area contributed by atoms with Crippen molar-refractivity contribution in [3.05, 3.63) is 93.4 Å². The average molecular weight is 552 g/mol. The maximum Gasteiger partial charge on any atom is 0.258 e. The lowest BCUT2D eigenvalue weighted by Gasteiger charge is -2.23. The zero-order valence-electron chi connectivity index (χ0n) is 18.2. The van der Waals surface area contributed by atoms with E-state index in [2.05, 4.69) is 21.2 Å². The fourth-order valence-electron chi connectivity index (χ4n) is 3.18. The summed E-state index contributed by atoms with van der Waals surface area (Å²) >= 11 is 9.63. The average Bonchev–Trinajstić information content (AvgIpc) is 2.77. The molecule has 0 radical (unpaired) electrons. The van der Waals surface area contributed by atoms with E-state index in [4.69, 9.17) is 16.3 Å². The Kier molecular flexibility index (Phi) is 8.40. The Morgan fingerprint density at radius 2 is 1.79 bits per heavy atom. The van der Waals surface area contributed by atoms with E-state index in [1.54, 1.807) is 48.5 Å². The SMILES string of the molecule is C[C@@H](NC(=O)COc1ccc(N(Cc2ccccc2Cl)S(C)(=O)=O)cc1)c1cccc(Br)c1. The van der Waals surface area contributed by atoms with E-state index in [0.717, 1.165) is 16.3 Å². The number of halogens is 2. The lowest BCUT2D eigenvalue weighted by molar-refractivity contribution is -0.123. The molecule has 0 bridgehead atoms. The molecule has 0 aliphatic carbocycles. The van der Waals surface area contributed by atoms with Gasteiger partial charge >= 0.3 is 0 Å². The number of hydrogen-bond acceptors (Lipinski definition) is 4. The molecule has 0 aliphatic heterocycles. The molecule has 0 fully saturated rings. The van der Waals surface area contributed by atoms with Crippen LogP contribution >= 0.6 is 27.5 Å². The molecule has 0 saturated heterocycles. The fourth-order valence-corrected chi connectivity index (χ4v) is 4.67. The Morgan fingerprint density at radius 1 is 1.09 bits per heavy atom. The Balaban J connectivity index is 1.62. The number of benzene rings is 3. The van der Waals surface area contributed by atoms with Gasteiger partial charge < -0.3 is 10.1 Å². The predicted molar refractivity (Wildman–Crippen MR) is 135 cm³/mol. The molecule has 3 aromatic carbocycles. The monoisotopic (exact) mass is 550 g/mol. The van der Waals surface area contributed by atoms with Crippen LogP contribution in [0, 0.1) is 0 Å². The van der Waals surface area contributed by atoms with Gasteiger partial charge in [-0.3, -0.25) is 9.10 Å². The highest BCUT2D eigenvalue weighted by molar-refractivity contribution is 9.10. The summed E-state index contributed by atoms with van der Waals surface area (Å²) in [4.78, 5) is 12.3. The molecule has 174 valence electrons. The first-order valence-corrected chi connectivity index (χ1v) is 13.1. The number of nitrogens with one attached hydrogen (secondary N) is 1. The Labute approximate surface area is 207 Å². The maximum atomic E-state index is 12.4. The van der Waals surface area contributed by atoms with Gasteiger partial charge in [-0.2, -0.15) is 0 Å². The van der Waals surface area contributed by atoms with E-state index in [1.807, 2.05) is 31.2 Å². The molecule has 3 aromatic rings. The Bertz CT molecular complexity index is 1220. The third-order valence-electron chi connectivity index (χ3n) is 4.89. The highest BCUT2D eigenvalue weighted by Gasteiger charge is 2.19. The van der Waals surface area contributed by atoms with Crippen LogP contribution in [0.25, 0.3) is 0 Å². The number of nitrogens with zero attached hydrogens (tertiary/aromatic N) is 1. The highest BCUT2D eigenvalue weighted by Crippen LogP contribution is 2.26. The molecule has 3 rings (SSSR count). The lowest BCUT2D eigenvalue weighted by Crippen LogP contribution is -2.31. The summed E-state index contributed by atoms with van der Waals surface area (Å²) in [5.41, 5.74) is 2.14. The van der Waals surface area contributed by atoms with Crippen LogP contribution in [0.5, 0.6) is 5.75 Å². The molecule has 9 heteroatoms. The Morgan fingerprint density at radius 3 is 2.42 bits per heavy atom. The molecule has 1 N–H and O–H groups in total. The standard InChI is InChI=1S/C24H24BrClN2O4S/c1-17(18-7-5-8-20(25)14-18)27-24(29)16-32-22-12-10-21(11-13-22)28(33(2,30)31)15-19-6-3-4-9-23(19)26/h3-14,17H,15-16H2,1-2H3,(H,27,29)/t17-/m1/s1. The largest absolute Gasteiger partial charge is 0.484 e. The quantitative estimate of drug-likeness (QED) is 0.390. The van der Waals surface area contributed by atoms with Gasteiger partial charge in [-0.15, -0.1) is 0 Å². The number of amides is 1. The van der Waals surface area contributed by atoms with Crippen LogP contribution in [0.2, 0.25) is 5.02 Å². The molecule has 1 atom stereocenters. The summed E-state index contributed by atoms with van der Waals surface area (Å²) < 4.78 is 32.6. The second kappa shape index (κ2) is 11.0. The van der Waals surface area contributed by atoms with Crippen LogP contribution in [0.4, 0.5) is 5.69 Å². The summed E-state index contributed by atoms with van der Waals surface area (Å²) in [6.07, 6.45) is 1.14. The minimum Gasteiger partial charge on any atom is -0.484 e. The van der Waals surface area contributed by atoms with E-state index in [-0.39, 0.29) is 25.1 Å². The zero-order chi connectivity index (χ0) is 24.0. The van der Waals surface area contributed by atoms with Crippen molar-refractivity contribution >= 4 is 49.1 Å². The number of anilines is 1. The van der Waals surface area contributed by atoms with Crippen LogP contribution in [0.15, 0.2) is 77.3 Å². The van der Waals surface area contributed by atoms with E-state index in [0.29, 0.717) is 22.0 Å². The van der Waals surface area contributed by atoms with Gasteiger partial charge in [0.15, 0.2) is 6.61 Å². The third kappa shape index (κ3) is 7.22. The van der Waals surface area contributed by atoms with Crippen LogP contribution in [0.1, 0.15) is 24.1 Å². The first-order valence-electron chi connectivity index (χ1n) is 10.1. The normalized spacial score (nSPS) is 12.1. The van der Waals surface area contributed by atoms with Crippen molar-refractivity contribution < 1.29 is 17.9 Å². The van der Waals surface area contributed by atoms with E-state index in [9.17, 15) is 13.2 Å². The molecule has 6 nitrogen and oxygen atoms in total. The Hall–Kier alpha value is -2.55. The van der Waals surface area contributed by atoms with Gasteiger partial charge in [-0.1, -0.05) is 57.9 Å². The van der Waals surface area contributed by atoms with Crippen molar-refractivity contribution in [1.29, 1.82) is 0 Å². The number of sulfonamides is 1. The van der Waals surface area contributed by atoms with Gasteiger partial charge in [0.1, 0.15) is 5.75 Å². The first-order chi connectivity index (χ1) is 15.6. The second-order valence-corrected chi connectivity index (χ2v) is 10.7. The molecule has 0 heterocycles. The smallest absolute Gasteiger partial charge is 0.258 e. The van der Waals surface area contributed by atoms with Crippen molar-refractivity contribution in [1.82, 2.24) is 5.32 Å². The first kappa shape index (κ1) is 25.1. The minimum absolute atomic E-state index is 0.106. The van der Waals surface area contributed by atoms with Gasteiger partial charge in [0.25, 0.3) is 5.91 Å². The van der Waals surface area contributed by atoms with Crippen LogP contribution in [0.3, 0.4) is 0 Å². The summed E-state index contributed by atoms with van der Waals surface area (Å²) in [5, 5.41) is 3.39. The third-order valence-corrected chi connectivity index (χ3v) is 6.90. The summed E-state index contributed by atoms with van der Waals surface area (Å²) in [6.45, 7) is 1.84. The number of rotatable bonds is 9. The van der Waals surface area contributed by atoms with Gasteiger partial charge in [0.2, 0.25) is 10.0 Å². The van der Waals surface area contributed by atoms with Crippen LogP contribution in [-0.4, -0.2) is 27.2 Å². The number of ether oxygens (including phenoxy) is 1. The van der Waals surface area contributed by atoms with Gasteiger partial charge in [0, 0.05) is 9.50 Å². The van der Waals surface area contributed by atoms with Gasteiger partial charge in [0.05, 0.1) is 24.5 Å². The molecule has 0 aliphatic rings. The van der Waals surface area contributed by atoms with Crippen molar-refractivity contribution in [2.75, 3.05) is 17.2 Å². The van der Waals surface area contributed by atoms with Gasteiger partial charge in [-0.05, 0) is 60.5 Å². The lowest BCUT2D eigenvalue weighted by atomic mass is 10.1. The van der Waals surface area contributed by atoms with Crippen LogP contribution < -0.4 is 14.4 Å². The molecule has 0 saturated carbocycles.